The van der Waals surface area contributed by atoms with E-state index in [9.17, 15) is 63.3 Å². The summed E-state index contributed by atoms with van der Waals surface area (Å²) in [5.74, 6) is -13.2. The topological polar surface area (TPSA) is 422 Å². The summed E-state index contributed by atoms with van der Waals surface area (Å²) < 4.78 is 0. The van der Waals surface area contributed by atoms with Crippen molar-refractivity contribution in [2.24, 2.45) is 17.2 Å². The second kappa shape index (κ2) is 20.7. The second-order valence-corrected chi connectivity index (χ2v) is 10.5. The lowest BCUT2D eigenvalue weighted by Gasteiger charge is -2.26. The molecule has 24 heteroatoms. The van der Waals surface area contributed by atoms with Crippen LogP contribution in [0.5, 0.6) is 0 Å². The average molecular weight is 708 g/mol. The Morgan fingerprint density at radius 1 is 0.551 bits per heavy atom. The lowest BCUT2D eigenvalue weighted by Crippen LogP contribution is -2.61. The van der Waals surface area contributed by atoms with E-state index in [2.05, 4.69) is 5.32 Å². The Morgan fingerprint density at radius 2 is 0.939 bits per heavy atom. The van der Waals surface area contributed by atoms with E-state index >= 15 is 0 Å². The van der Waals surface area contributed by atoms with Crippen molar-refractivity contribution in [2.45, 2.75) is 81.5 Å². The van der Waals surface area contributed by atoms with Crippen molar-refractivity contribution in [2.75, 3.05) is 13.2 Å². The van der Waals surface area contributed by atoms with Crippen LogP contribution in [0.3, 0.4) is 0 Å². The van der Waals surface area contributed by atoms with Gasteiger partial charge < -0.3 is 74.6 Å². The first-order valence-corrected chi connectivity index (χ1v) is 14.1. The Hall–Kier alpha value is -5.46. The van der Waals surface area contributed by atoms with Gasteiger partial charge in [-0.2, -0.15) is 0 Å². The van der Waals surface area contributed by atoms with Gasteiger partial charge in [-0.1, -0.05) is 0 Å². The maximum atomic E-state index is 13.1. The number of aliphatic hydroxyl groups excluding tert-OH is 3. The molecule has 8 atom stereocenters. The van der Waals surface area contributed by atoms with E-state index in [-0.39, 0.29) is 0 Å². The summed E-state index contributed by atoms with van der Waals surface area (Å²) in [6.07, 6.45) is -4.66. The van der Waals surface area contributed by atoms with Gasteiger partial charge in [0.25, 0.3) is 0 Å². The maximum absolute atomic E-state index is 13.1. The van der Waals surface area contributed by atoms with E-state index in [0.717, 1.165) is 13.8 Å². The van der Waals surface area contributed by atoms with Crippen molar-refractivity contribution < 1.29 is 73.5 Å². The quantitative estimate of drug-likeness (QED) is 0.0496. The zero-order valence-corrected chi connectivity index (χ0v) is 26.2. The fourth-order valence-corrected chi connectivity index (χ4v) is 3.62. The molecule has 17 N–H and O–H groups in total. The highest BCUT2D eigenvalue weighted by atomic mass is 16.4. The number of nitrogens with one attached hydrogen (secondary N) is 6. The summed E-state index contributed by atoms with van der Waals surface area (Å²) in [6, 6.07) is -12.5. The van der Waals surface area contributed by atoms with Gasteiger partial charge in [0.2, 0.25) is 47.3 Å². The Bertz CT molecular complexity index is 1280. The third-order valence-electron chi connectivity index (χ3n) is 6.24. The molecular weight excluding hydrogens is 666 g/mol. The van der Waals surface area contributed by atoms with E-state index in [0.29, 0.717) is 0 Å². The highest BCUT2D eigenvalue weighted by Gasteiger charge is 2.35. The van der Waals surface area contributed by atoms with Crippen LogP contribution in [0.25, 0.3) is 0 Å². The van der Waals surface area contributed by atoms with Crippen molar-refractivity contribution >= 4 is 59.2 Å². The molecule has 0 saturated carbocycles. The maximum Gasteiger partial charge on any atom is 0.328 e. The van der Waals surface area contributed by atoms with E-state index in [1.165, 1.54) is 0 Å². The van der Waals surface area contributed by atoms with Gasteiger partial charge in [-0.15, -0.1) is 0 Å². The fraction of sp³-hybridized carbons (Fsp3) is 0.600. The summed E-state index contributed by atoms with van der Waals surface area (Å²) in [4.78, 5) is 122. The van der Waals surface area contributed by atoms with Crippen LogP contribution in [0.1, 0.15) is 33.1 Å². The first kappa shape index (κ1) is 43.5. The Labute approximate surface area is 276 Å². The first-order chi connectivity index (χ1) is 22.6. The number of carboxylic acids is 2. The molecule has 0 rings (SSSR count). The van der Waals surface area contributed by atoms with Gasteiger partial charge in [0.15, 0.2) is 6.04 Å². The van der Waals surface area contributed by atoms with Crippen LogP contribution in [-0.2, 0) is 47.9 Å². The monoisotopic (exact) mass is 707 g/mol. The largest absolute Gasteiger partial charge is 0.481 e. The van der Waals surface area contributed by atoms with Crippen LogP contribution in [0.2, 0.25) is 0 Å². The van der Waals surface area contributed by atoms with Crippen molar-refractivity contribution in [1.29, 1.82) is 0 Å². The van der Waals surface area contributed by atoms with E-state index in [4.69, 9.17) is 27.4 Å². The molecule has 0 unspecified atom stereocenters. The van der Waals surface area contributed by atoms with Crippen molar-refractivity contribution in [1.82, 2.24) is 31.9 Å². The lowest BCUT2D eigenvalue weighted by atomic mass is 10.1. The van der Waals surface area contributed by atoms with Crippen molar-refractivity contribution in [3.05, 3.63) is 0 Å². The fourth-order valence-electron chi connectivity index (χ4n) is 3.62. The standard InChI is InChI=1S/C25H41N9O15/c1-8(29-20(43)10(26)6-35)19(42)30-13(5-17(40)41)23(46)32-11(3-15(27)38)21(44)31-12(4-16(28)39)22(45)33-14(7-36)24(47)34-18(9(2)37)25(48)49/h8-14,18,35-37H,3-7,26H2,1-2H3,(H2,27,38)(H2,28,39)(H,29,43)(H,30,42)(H,31,44)(H,32,46)(H,33,45)(H,34,47)(H,40,41)(H,48,49)/t8-,9+,10-,11-,12-,13-,14-,18-/m0/s1. The number of amides is 8. The highest BCUT2D eigenvalue weighted by Crippen LogP contribution is 2.03. The number of aliphatic carboxylic acids is 2. The van der Waals surface area contributed by atoms with Crippen LogP contribution in [0.4, 0.5) is 0 Å². The van der Waals surface area contributed by atoms with Gasteiger partial charge in [-0.3, -0.25) is 43.2 Å². The molecule has 0 aliphatic rings. The molecule has 0 aliphatic carbocycles. The van der Waals surface area contributed by atoms with E-state index in [1.807, 2.05) is 26.6 Å². The summed E-state index contributed by atoms with van der Waals surface area (Å²) in [7, 11) is 0. The molecule has 8 amide bonds. The number of rotatable bonds is 22. The van der Waals surface area contributed by atoms with Gasteiger partial charge >= 0.3 is 11.9 Å². The molecule has 24 nitrogen and oxygen atoms in total. The molecule has 0 aromatic carbocycles. The van der Waals surface area contributed by atoms with Crippen LogP contribution >= 0.6 is 0 Å². The number of primary amides is 2. The van der Waals surface area contributed by atoms with Crippen molar-refractivity contribution in [3.8, 4) is 0 Å². The molecule has 0 aliphatic heterocycles. The van der Waals surface area contributed by atoms with Gasteiger partial charge in [0.1, 0.15) is 36.3 Å². The first-order valence-electron chi connectivity index (χ1n) is 14.1. The van der Waals surface area contributed by atoms with Crippen LogP contribution in [-0.4, -0.2) is 146 Å². The average Bonchev–Trinajstić information content (AvgIpc) is 2.99. The van der Waals surface area contributed by atoms with Gasteiger partial charge in [0.05, 0.1) is 38.6 Å². The molecule has 0 fully saturated rings. The minimum Gasteiger partial charge on any atom is -0.481 e. The Kier molecular flexibility index (Phi) is 18.4. The predicted octanol–water partition coefficient (Wildman–Crippen LogP) is -9.08. The Balaban J connectivity index is 6.03. The molecule has 0 aromatic heterocycles. The van der Waals surface area contributed by atoms with Crippen LogP contribution < -0.4 is 49.1 Å². The molecular formula is C25H41N9O15. The molecule has 0 saturated heterocycles. The lowest BCUT2D eigenvalue weighted by molar-refractivity contribution is -0.145. The molecule has 49 heavy (non-hydrogen) atoms. The van der Waals surface area contributed by atoms with Gasteiger partial charge in [-0.05, 0) is 13.8 Å². The van der Waals surface area contributed by atoms with E-state index < -0.39 is 140 Å². The summed E-state index contributed by atoms with van der Waals surface area (Å²) >= 11 is 0. The number of hydrogen-bond acceptors (Lipinski definition) is 14. The summed E-state index contributed by atoms with van der Waals surface area (Å²) in [5.41, 5.74) is 15.6. The normalized spacial score (nSPS) is 15.6. The smallest absolute Gasteiger partial charge is 0.328 e. The van der Waals surface area contributed by atoms with Crippen LogP contribution in [0, 0.1) is 0 Å². The molecule has 0 spiro atoms. The number of hydrogen-bond donors (Lipinski definition) is 14. The van der Waals surface area contributed by atoms with Gasteiger partial charge in [0, 0.05) is 0 Å². The zero-order valence-electron chi connectivity index (χ0n) is 26.2. The van der Waals surface area contributed by atoms with Crippen LogP contribution in [0.15, 0.2) is 0 Å². The molecule has 0 heterocycles. The van der Waals surface area contributed by atoms with Gasteiger partial charge in [-0.25, -0.2) is 4.79 Å². The molecule has 276 valence electrons. The minimum atomic E-state index is -1.99. The molecule has 0 radical (unpaired) electrons. The SMILES string of the molecule is C[C@H](NC(=O)[C@@H](N)CO)C(=O)N[C@@H](CC(=O)O)C(=O)N[C@@H](CC(N)=O)C(=O)N[C@@H](CC(N)=O)C(=O)N[C@@H](CO)C(=O)N[C@H](C(=O)O)[C@@H](C)O. The number of carboxylic acid groups (broad SMARTS) is 2. The summed E-state index contributed by atoms with van der Waals surface area (Å²) in [6.45, 7) is 0.238. The van der Waals surface area contributed by atoms with Crippen molar-refractivity contribution in [3.63, 3.8) is 0 Å². The second-order valence-electron chi connectivity index (χ2n) is 10.5. The number of carbonyl (C=O) groups excluding carboxylic acids is 8. The Morgan fingerprint density at radius 3 is 1.29 bits per heavy atom. The third kappa shape index (κ3) is 15.8. The summed E-state index contributed by atoms with van der Waals surface area (Å²) in [5, 5.41) is 58.4. The predicted molar refractivity (Wildman–Crippen MR) is 159 cm³/mol. The third-order valence-corrected chi connectivity index (χ3v) is 6.24. The minimum absolute atomic E-state index is 0.774. The number of aliphatic hydroxyl groups is 3. The number of nitrogens with two attached hydrogens (primary N) is 3. The number of carbonyl (C=O) groups is 10. The molecule has 0 aromatic rings. The zero-order chi connectivity index (χ0) is 38.2. The van der Waals surface area contributed by atoms with E-state index in [1.54, 1.807) is 0 Å². The highest BCUT2D eigenvalue weighted by molar-refractivity contribution is 6.00. The molecule has 0 bridgehead atoms.